The first-order chi connectivity index (χ1) is 14.5. The van der Waals surface area contributed by atoms with E-state index in [1.54, 1.807) is 20.8 Å². The highest BCUT2D eigenvalue weighted by atomic mass is 35.5. The van der Waals surface area contributed by atoms with E-state index in [0.29, 0.717) is 11.3 Å². The average Bonchev–Trinajstić information content (AvgIpc) is 2.72. The molecule has 0 aromatic heterocycles. The van der Waals surface area contributed by atoms with Gasteiger partial charge in [0, 0.05) is 30.8 Å². The monoisotopic (exact) mass is 469 g/mol. The summed E-state index contributed by atoms with van der Waals surface area (Å²) in [5.41, 5.74) is 2.39. The van der Waals surface area contributed by atoms with Gasteiger partial charge < -0.3 is 0 Å². The number of hydrazone groups is 1. The number of nitro groups is 2. The number of rotatable bonds is 9. The molecule has 11 nitrogen and oxygen atoms in total. The van der Waals surface area contributed by atoms with Crippen molar-refractivity contribution in [3.8, 4) is 0 Å². The zero-order valence-corrected chi connectivity index (χ0v) is 18.5. The largest absolute Gasteiger partial charge is 0.295 e. The van der Waals surface area contributed by atoms with Crippen LogP contribution in [0.15, 0.2) is 46.4 Å². The molecule has 0 atom stereocenters. The number of nitrogens with zero attached hydrogens (tertiary/aromatic N) is 4. The number of nitro benzene ring substituents is 2. The first kappa shape index (κ1) is 24.2. The van der Waals surface area contributed by atoms with Gasteiger partial charge in [0.15, 0.2) is 0 Å². The van der Waals surface area contributed by atoms with Crippen molar-refractivity contribution in [1.29, 1.82) is 0 Å². The maximum absolute atomic E-state index is 12.6. The lowest BCUT2D eigenvalue weighted by Crippen LogP contribution is -2.30. The van der Waals surface area contributed by atoms with Crippen molar-refractivity contribution in [1.82, 2.24) is 4.31 Å². The molecular formula is C18H20ClN5O6S. The normalized spacial score (nSPS) is 12.1. The molecule has 0 spiro atoms. The number of hydrogen-bond donors (Lipinski definition) is 1. The van der Waals surface area contributed by atoms with Crippen LogP contribution in [0.25, 0.3) is 0 Å². The minimum atomic E-state index is -3.88. The van der Waals surface area contributed by atoms with Gasteiger partial charge >= 0.3 is 0 Å². The van der Waals surface area contributed by atoms with Gasteiger partial charge in [-0.05, 0) is 25.1 Å². The Morgan fingerprint density at radius 2 is 1.68 bits per heavy atom. The minimum absolute atomic E-state index is 0.0323. The minimum Gasteiger partial charge on any atom is -0.271 e. The predicted octanol–water partition coefficient (Wildman–Crippen LogP) is 4.02. The summed E-state index contributed by atoms with van der Waals surface area (Å²) in [4.78, 5) is 21.0. The van der Waals surface area contributed by atoms with Gasteiger partial charge in [-0.2, -0.15) is 9.41 Å². The van der Waals surface area contributed by atoms with Gasteiger partial charge in [0.2, 0.25) is 10.0 Å². The Bertz CT molecular complexity index is 1150. The van der Waals surface area contributed by atoms with Gasteiger partial charge in [-0.3, -0.25) is 25.7 Å². The molecule has 0 amide bonds. The van der Waals surface area contributed by atoms with E-state index in [1.807, 2.05) is 0 Å². The van der Waals surface area contributed by atoms with Crippen LogP contribution < -0.4 is 5.43 Å². The summed E-state index contributed by atoms with van der Waals surface area (Å²) in [7, 11) is -3.88. The highest BCUT2D eigenvalue weighted by Crippen LogP contribution is 2.29. The second-order valence-corrected chi connectivity index (χ2v) is 8.60. The smallest absolute Gasteiger partial charge is 0.271 e. The van der Waals surface area contributed by atoms with Crippen LogP contribution in [0.1, 0.15) is 26.3 Å². The van der Waals surface area contributed by atoms with Crippen molar-refractivity contribution in [2.24, 2.45) is 5.10 Å². The summed E-state index contributed by atoms with van der Waals surface area (Å²) in [5, 5.41) is 26.5. The lowest BCUT2D eigenvalue weighted by molar-refractivity contribution is -0.384. The van der Waals surface area contributed by atoms with Gasteiger partial charge in [0.25, 0.3) is 11.4 Å². The van der Waals surface area contributed by atoms with E-state index >= 15 is 0 Å². The molecule has 31 heavy (non-hydrogen) atoms. The quantitative estimate of drug-likeness (QED) is 0.331. The molecule has 2 rings (SSSR count). The maximum atomic E-state index is 12.6. The number of benzene rings is 2. The standard InChI is InChI=1S/C18H20ClN5O6S/c1-4-22(5-2)31(29,30)14-7-9-16(18(11-14)24(27)28)21-20-12(3)13-6-8-15(19)17(10-13)23(25)26/h6-11,21H,4-5H2,1-3H3/b20-12+. The first-order valence-electron chi connectivity index (χ1n) is 9.06. The summed E-state index contributed by atoms with van der Waals surface area (Å²) in [6.07, 6.45) is 0. The van der Waals surface area contributed by atoms with Gasteiger partial charge in [0.1, 0.15) is 10.7 Å². The third-order valence-corrected chi connectivity index (χ3v) is 6.78. The van der Waals surface area contributed by atoms with Crippen LogP contribution in [0.4, 0.5) is 17.1 Å². The summed E-state index contributed by atoms with van der Waals surface area (Å²) in [6, 6.07) is 7.56. The Morgan fingerprint density at radius 1 is 1.06 bits per heavy atom. The molecule has 0 aliphatic rings. The van der Waals surface area contributed by atoms with Gasteiger partial charge in [-0.1, -0.05) is 31.5 Å². The Balaban J connectivity index is 2.41. The van der Waals surface area contributed by atoms with Crippen LogP contribution in [0.5, 0.6) is 0 Å². The number of anilines is 1. The summed E-state index contributed by atoms with van der Waals surface area (Å²) in [6.45, 7) is 5.34. The van der Waals surface area contributed by atoms with Crippen molar-refractivity contribution >= 4 is 44.4 Å². The molecule has 166 valence electrons. The Hall–Kier alpha value is -3.09. The van der Waals surface area contributed by atoms with E-state index in [9.17, 15) is 28.6 Å². The van der Waals surface area contributed by atoms with Crippen molar-refractivity contribution in [3.05, 3.63) is 67.2 Å². The summed E-state index contributed by atoms with van der Waals surface area (Å²) < 4.78 is 26.5. The van der Waals surface area contributed by atoms with E-state index in [-0.39, 0.29) is 34.4 Å². The zero-order valence-electron chi connectivity index (χ0n) is 16.9. The van der Waals surface area contributed by atoms with Crippen LogP contribution in [-0.4, -0.2) is 41.4 Å². The van der Waals surface area contributed by atoms with Crippen molar-refractivity contribution in [3.63, 3.8) is 0 Å². The fourth-order valence-corrected chi connectivity index (χ4v) is 4.38. The molecule has 1 N–H and O–H groups in total. The summed E-state index contributed by atoms with van der Waals surface area (Å²) in [5.74, 6) is 0. The Morgan fingerprint density at radius 3 is 2.23 bits per heavy atom. The molecule has 0 fully saturated rings. The SMILES string of the molecule is CCN(CC)S(=O)(=O)c1ccc(N/N=C(\C)c2ccc(Cl)c([N+](=O)[O-])c2)c([N+](=O)[O-])c1. The van der Waals surface area contributed by atoms with E-state index in [0.717, 1.165) is 6.07 Å². The fraction of sp³-hybridized carbons (Fsp3) is 0.278. The van der Waals surface area contributed by atoms with Crippen molar-refractivity contribution < 1.29 is 18.3 Å². The van der Waals surface area contributed by atoms with Crippen LogP contribution in [-0.2, 0) is 10.0 Å². The van der Waals surface area contributed by atoms with Crippen LogP contribution in [0, 0.1) is 20.2 Å². The van der Waals surface area contributed by atoms with Crippen LogP contribution >= 0.6 is 11.6 Å². The second kappa shape index (κ2) is 9.81. The number of nitrogens with one attached hydrogen (secondary N) is 1. The molecule has 0 saturated heterocycles. The number of halogens is 1. The molecule has 0 heterocycles. The van der Waals surface area contributed by atoms with Crippen LogP contribution in [0.3, 0.4) is 0 Å². The molecule has 0 bridgehead atoms. The molecule has 13 heteroatoms. The lowest BCUT2D eigenvalue weighted by Gasteiger charge is -2.18. The number of sulfonamides is 1. The highest BCUT2D eigenvalue weighted by Gasteiger charge is 2.25. The second-order valence-electron chi connectivity index (χ2n) is 6.26. The van der Waals surface area contributed by atoms with E-state index < -0.39 is 25.6 Å². The van der Waals surface area contributed by atoms with E-state index in [4.69, 9.17) is 11.6 Å². The third kappa shape index (κ3) is 5.34. The lowest BCUT2D eigenvalue weighted by atomic mass is 10.1. The van der Waals surface area contributed by atoms with E-state index in [2.05, 4.69) is 10.5 Å². The van der Waals surface area contributed by atoms with E-state index in [1.165, 1.54) is 34.6 Å². The van der Waals surface area contributed by atoms with Gasteiger partial charge in [-0.25, -0.2) is 8.42 Å². The molecule has 0 aliphatic carbocycles. The van der Waals surface area contributed by atoms with Gasteiger partial charge in [0.05, 0.1) is 20.5 Å². The van der Waals surface area contributed by atoms with Crippen molar-refractivity contribution in [2.75, 3.05) is 18.5 Å². The fourth-order valence-electron chi connectivity index (χ4n) is 2.72. The molecule has 0 aliphatic heterocycles. The van der Waals surface area contributed by atoms with Crippen molar-refractivity contribution in [2.45, 2.75) is 25.7 Å². The molecular weight excluding hydrogens is 450 g/mol. The average molecular weight is 470 g/mol. The molecule has 0 saturated carbocycles. The first-order valence-corrected chi connectivity index (χ1v) is 10.9. The van der Waals surface area contributed by atoms with Crippen LogP contribution in [0.2, 0.25) is 5.02 Å². The molecule has 0 unspecified atom stereocenters. The number of hydrogen-bond acceptors (Lipinski definition) is 8. The predicted molar refractivity (Wildman–Crippen MR) is 117 cm³/mol. The third-order valence-electron chi connectivity index (χ3n) is 4.41. The Kier molecular flexibility index (Phi) is 7.65. The Labute approximate surface area is 183 Å². The molecule has 0 radical (unpaired) electrons. The zero-order chi connectivity index (χ0) is 23.3. The topological polar surface area (TPSA) is 148 Å². The molecule has 2 aromatic rings. The molecule has 2 aromatic carbocycles. The van der Waals surface area contributed by atoms with Gasteiger partial charge in [-0.15, -0.1) is 0 Å². The highest BCUT2D eigenvalue weighted by molar-refractivity contribution is 7.89. The maximum Gasteiger partial charge on any atom is 0.295 e. The summed E-state index contributed by atoms with van der Waals surface area (Å²) >= 11 is 5.79.